The molecule has 0 fully saturated rings. The predicted octanol–water partition coefficient (Wildman–Crippen LogP) is 0.525. The molecule has 0 aliphatic rings. The topological polar surface area (TPSA) is 74.6 Å². The van der Waals surface area contributed by atoms with Crippen molar-refractivity contribution in [2.45, 2.75) is 6.92 Å². The molecule has 0 aromatic heterocycles. The average molecular weight is 178 g/mol. The number of carboxylic acid groups (broad SMARTS) is 2. The summed E-state index contributed by atoms with van der Waals surface area (Å²) in [6, 6.07) is 0. The van der Waals surface area contributed by atoms with Gasteiger partial charge in [-0.15, -0.1) is 11.8 Å². The Morgan fingerprint density at radius 1 is 1.45 bits per heavy atom. The number of aliphatic carboxylic acids is 2. The van der Waals surface area contributed by atoms with Crippen LogP contribution in [0.1, 0.15) is 6.92 Å². The van der Waals surface area contributed by atoms with Crippen molar-refractivity contribution in [3.05, 3.63) is 0 Å². The van der Waals surface area contributed by atoms with Crippen molar-refractivity contribution < 1.29 is 19.8 Å². The molecule has 0 aromatic rings. The summed E-state index contributed by atoms with van der Waals surface area (Å²) in [5.74, 6) is -1.95. The second-order valence-electron chi connectivity index (χ2n) is 2.15. The molecule has 64 valence electrons. The quantitative estimate of drug-likeness (QED) is 0.642. The van der Waals surface area contributed by atoms with E-state index < -0.39 is 17.9 Å². The van der Waals surface area contributed by atoms with Crippen LogP contribution in [0.15, 0.2) is 0 Å². The molecule has 4 nitrogen and oxygen atoms in total. The molecule has 0 spiro atoms. The molecule has 0 aliphatic carbocycles. The fourth-order valence-corrected chi connectivity index (χ4v) is 1.18. The summed E-state index contributed by atoms with van der Waals surface area (Å²) in [6.07, 6.45) is 0. The van der Waals surface area contributed by atoms with E-state index in [2.05, 4.69) is 0 Å². The van der Waals surface area contributed by atoms with E-state index in [1.54, 1.807) is 6.92 Å². The maximum Gasteiger partial charge on any atom is 0.313 e. The highest BCUT2D eigenvalue weighted by Gasteiger charge is 2.10. The molecular weight excluding hydrogens is 168 g/mol. The van der Waals surface area contributed by atoms with Gasteiger partial charge in [-0.3, -0.25) is 9.59 Å². The first-order valence-corrected chi connectivity index (χ1v) is 4.22. The second kappa shape index (κ2) is 5.01. The molecule has 0 unspecified atom stereocenters. The number of thioether (sulfide) groups is 1. The standard InChI is InChI=1S/C6H10O4S/c1-4(6(9)10)2-11-3-5(7)8/h4H,2-3H2,1H3,(H,7,8)(H,9,10)/t4-/m0/s1. The maximum absolute atomic E-state index is 10.2. The highest BCUT2D eigenvalue weighted by Crippen LogP contribution is 2.07. The summed E-state index contributed by atoms with van der Waals surface area (Å²) in [4.78, 5) is 20.2. The van der Waals surface area contributed by atoms with Crippen LogP contribution in [0.2, 0.25) is 0 Å². The van der Waals surface area contributed by atoms with Gasteiger partial charge in [0.05, 0.1) is 11.7 Å². The van der Waals surface area contributed by atoms with E-state index in [0.29, 0.717) is 5.75 Å². The molecule has 0 rings (SSSR count). The lowest BCUT2D eigenvalue weighted by molar-refractivity contribution is -0.140. The molecule has 5 heteroatoms. The molecular formula is C6H10O4S. The Bertz CT molecular complexity index is 157. The normalized spacial score (nSPS) is 12.5. The first-order valence-electron chi connectivity index (χ1n) is 3.06. The lowest BCUT2D eigenvalue weighted by Gasteiger charge is -2.02. The summed E-state index contributed by atoms with van der Waals surface area (Å²) in [5, 5.41) is 16.6. The van der Waals surface area contributed by atoms with Crippen molar-refractivity contribution in [2.24, 2.45) is 5.92 Å². The van der Waals surface area contributed by atoms with Crippen LogP contribution in [0.4, 0.5) is 0 Å². The Hall–Kier alpha value is -0.710. The third-order valence-electron chi connectivity index (χ3n) is 1.01. The van der Waals surface area contributed by atoms with Crippen LogP contribution in [0.25, 0.3) is 0 Å². The summed E-state index contributed by atoms with van der Waals surface area (Å²) < 4.78 is 0. The van der Waals surface area contributed by atoms with Crippen LogP contribution >= 0.6 is 11.8 Å². The maximum atomic E-state index is 10.2. The lowest BCUT2D eigenvalue weighted by atomic mass is 10.2. The van der Waals surface area contributed by atoms with Crippen molar-refractivity contribution >= 4 is 23.7 Å². The average Bonchev–Trinajstić information content (AvgIpc) is 1.86. The molecule has 0 heterocycles. The number of carbonyl (C=O) groups is 2. The zero-order chi connectivity index (χ0) is 8.85. The van der Waals surface area contributed by atoms with Gasteiger partial charge in [0.15, 0.2) is 0 Å². The number of hydrogen-bond acceptors (Lipinski definition) is 3. The van der Waals surface area contributed by atoms with E-state index >= 15 is 0 Å². The number of carboxylic acids is 2. The largest absolute Gasteiger partial charge is 0.481 e. The third kappa shape index (κ3) is 5.72. The van der Waals surface area contributed by atoms with Crippen LogP contribution in [-0.4, -0.2) is 33.7 Å². The molecule has 11 heavy (non-hydrogen) atoms. The van der Waals surface area contributed by atoms with E-state index in [0.717, 1.165) is 11.8 Å². The molecule has 0 aromatic carbocycles. The Morgan fingerprint density at radius 3 is 2.36 bits per heavy atom. The van der Waals surface area contributed by atoms with Gasteiger partial charge in [0, 0.05) is 5.75 Å². The first kappa shape index (κ1) is 10.3. The highest BCUT2D eigenvalue weighted by atomic mass is 32.2. The monoisotopic (exact) mass is 178 g/mol. The van der Waals surface area contributed by atoms with Crippen molar-refractivity contribution in [2.75, 3.05) is 11.5 Å². The fourth-order valence-electron chi connectivity index (χ4n) is 0.394. The molecule has 2 N–H and O–H groups in total. The summed E-state index contributed by atoms with van der Waals surface area (Å²) in [6.45, 7) is 1.55. The van der Waals surface area contributed by atoms with Gasteiger partial charge in [-0.1, -0.05) is 6.92 Å². The minimum Gasteiger partial charge on any atom is -0.481 e. The van der Waals surface area contributed by atoms with Gasteiger partial charge in [-0.25, -0.2) is 0 Å². The van der Waals surface area contributed by atoms with E-state index in [1.165, 1.54) is 0 Å². The molecule has 0 amide bonds. The predicted molar refractivity (Wildman–Crippen MR) is 41.8 cm³/mol. The Balaban J connectivity index is 3.39. The fraction of sp³-hybridized carbons (Fsp3) is 0.667. The second-order valence-corrected chi connectivity index (χ2v) is 3.18. The molecule has 0 saturated carbocycles. The van der Waals surface area contributed by atoms with Gasteiger partial charge in [0.25, 0.3) is 0 Å². The van der Waals surface area contributed by atoms with Gasteiger partial charge < -0.3 is 10.2 Å². The van der Waals surface area contributed by atoms with Crippen LogP contribution in [0.5, 0.6) is 0 Å². The van der Waals surface area contributed by atoms with Crippen molar-refractivity contribution in [1.82, 2.24) is 0 Å². The molecule has 1 atom stereocenters. The van der Waals surface area contributed by atoms with E-state index in [1.807, 2.05) is 0 Å². The van der Waals surface area contributed by atoms with E-state index in [-0.39, 0.29) is 5.75 Å². The van der Waals surface area contributed by atoms with Crippen LogP contribution in [0, 0.1) is 5.92 Å². The van der Waals surface area contributed by atoms with Crippen LogP contribution in [-0.2, 0) is 9.59 Å². The summed E-state index contributed by atoms with van der Waals surface area (Å²) in [7, 11) is 0. The van der Waals surface area contributed by atoms with Crippen LogP contribution < -0.4 is 0 Å². The molecule has 0 radical (unpaired) electrons. The Morgan fingerprint density at radius 2 is 2.00 bits per heavy atom. The lowest BCUT2D eigenvalue weighted by Crippen LogP contribution is -2.13. The Kier molecular flexibility index (Phi) is 4.69. The van der Waals surface area contributed by atoms with Crippen molar-refractivity contribution in [3.8, 4) is 0 Å². The zero-order valence-corrected chi connectivity index (χ0v) is 6.93. The van der Waals surface area contributed by atoms with Crippen LogP contribution in [0.3, 0.4) is 0 Å². The van der Waals surface area contributed by atoms with E-state index in [4.69, 9.17) is 10.2 Å². The smallest absolute Gasteiger partial charge is 0.313 e. The van der Waals surface area contributed by atoms with Gasteiger partial charge in [0.2, 0.25) is 0 Å². The molecule has 0 bridgehead atoms. The highest BCUT2D eigenvalue weighted by molar-refractivity contribution is 7.99. The minimum atomic E-state index is -0.910. The third-order valence-corrected chi connectivity index (χ3v) is 2.20. The summed E-state index contributed by atoms with van der Waals surface area (Å²) >= 11 is 1.12. The number of rotatable bonds is 5. The van der Waals surface area contributed by atoms with Gasteiger partial charge in [0.1, 0.15) is 0 Å². The zero-order valence-electron chi connectivity index (χ0n) is 6.11. The first-order chi connectivity index (χ1) is 5.04. The summed E-state index contributed by atoms with van der Waals surface area (Å²) in [5.41, 5.74) is 0. The van der Waals surface area contributed by atoms with Gasteiger partial charge >= 0.3 is 11.9 Å². The Labute approximate surface area is 68.6 Å². The minimum absolute atomic E-state index is 0.0301. The van der Waals surface area contributed by atoms with Crippen molar-refractivity contribution in [1.29, 1.82) is 0 Å². The van der Waals surface area contributed by atoms with Crippen molar-refractivity contribution in [3.63, 3.8) is 0 Å². The van der Waals surface area contributed by atoms with E-state index in [9.17, 15) is 9.59 Å². The van der Waals surface area contributed by atoms with Gasteiger partial charge in [-0.2, -0.15) is 0 Å². The van der Waals surface area contributed by atoms with Gasteiger partial charge in [-0.05, 0) is 0 Å². The molecule has 0 aliphatic heterocycles. The molecule has 0 saturated heterocycles. The SMILES string of the molecule is C[C@@H](CSCC(=O)O)C(=O)O. The number of hydrogen-bond donors (Lipinski definition) is 2.